The fourth-order valence-corrected chi connectivity index (χ4v) is 9.19. The summed E-state index contributed by atoms with van der Waals surface area (Å²) in [6.45, 7) is 0.156. The predicted octanol–water partition coefficient (Wildman–Crippen LogP) is 8.12. The highest BCUT2D eigenvalue weighted by molar-refractivity contribution is 7.00. The van der Waals surface area contributed by atoms with Gasteiger partial charge in [-0.05, 0) is 58.9 Å². The van der Waals surface area contributed by atoms with E-state index >= 15 is 0 Å². The van der Waals surface area contributed by atoms with Gasteiger partial charge in [0.15, 0.2) is 0 Å². The summed E-state index contributed by atoms with van der Waals surface area (Å²) in [6.07, 6.45) is 0. The Labute approximate surface area is 264 Å². The first-order valence-corrected chi connectivity index (χ1v) is 16.1. The molecule has 3 nitrogen and oxygen atoms in total. The van der Waals surface area contributed by atoms with Crippen LogP contribution in [0, 0.1) is 0 Å². The highest BCUT2D eigenvalue weighted by atomic mass is 15.0. The SMILES string of the molecule is c1ccc2c(c1)B1c3cccc4c5ccccc5n(c34)-c3ccc4c5c(-n6c7ccccc7c7ccccc76)cccc5n-2c4c31. The predicted molar refractivity (Wildman–Crippen MR) is 194 cm³/mol. The zero-order valence-corrected chi connectivity index (χ0v) is 24.8. The van der Waals surface area contributed by atoms with E-state index in [1.54, 1.807) is 0 Å². The van der Waals surface area contributed by atoms with Gasteiger partial charge in [0.1, 0.15) is 0 Å². The lowest BCUT2D eigenvalue weighted by Gasteiger charge is -2.33. The first kappa shape index (κ1) is 23.4. The van der Waals surface area contributed by atoms with Crippen LogP contribution in [0.5, 0.6) is 0 Å². The Morgan fingerprint density at radius 1 is 0.326 bits per heavy atom. The number of benzene rings is 7. The summed E-state index contributed by atoms with van der Waals surface area (Å²) in [5.74, 6) is 0. The molecule has 210 valence electrons. The number of rotatable bonds is 1. The molecule has 0 unspecified atom stereocenters. The van der Waals surface area contributed by atoms with Gasteiger partial charge < -0.3 is 13.7 Å². The average molecular weight is 581 g/mol. The minimum atomic E-state index is 0.156. The molecule has 5 heterocycles. The minimum absolute atomic E-state index is 0.156. The van der Waals surface area contributed by atoms with Gasteiger partial charge >= 0.3 is 0 Å². The highest BCUT2D eigenvalue weighted by Gasteiger charge is 2.40. The maximum Gasteiger partial charge on any atom is 0.252 e. The van der Waals surface area contributed by atoms with E-state index in [0.29, 0.717) is 0 Å². The van der Waals surface area contributed by atoms with Crippen LogP contribution in [0.3, 0.4) is 0 Å². The molecule has 0 fully saturated rings. The molecule has 12 rings (SSSR count). The van der Waals surface area contributed by atoms with Crippen LogP contribution in [0.1, 0.15) is 0 Å². The molecule has 7 aromatic carbocycles. The van der Waals surface area contributed by atoms with Crippen LogP contribution in [0.4, 0.5) is 0 Å². The molecule has 0 spiro atoms. The van der Waals surface area contributed by atoms with Crippen molar-refractivity contribution in [3.63, 3.8) is 0 Å². The van der Waals surface area contributed by atoms with Crippen molar-refractivity contribution in [1.29, 1.82) is 0 Å². The molecule has 3 aromatic heterocycles. The number of nitrogens with zero attached hydrogens (tertiary/aromatic N) is 3. The van der Waals surface area contributed by atoms with Crippen LogP contribution in [-0.4, -0.2) is 20.4 Å². The smallest absolute Gasteiger partial charge is 0.252 e. The third kappa shape index (κ3) is 2.54. The molecule has 0 radical (unpaired) electrons. The molecule has 4 heteroatoms. The van der Waals surface area contributed by atoms with Gasteiger partial charge in [-0.3, -0.25) is 0 Å². The summed E-state index contributed by atoms with van der Waals surface area (Å²) in [5, 5.41) is 7.81. The van der Waals surface area contributed by atoms with E-state index in [4.69, 9.17) is 0 Å². The number of aromatic nitrogens is 3. The second kappa shape index (κ2) is 7.98. The van der Waals surface area contributed by atoms with E-state index in [1.807, 2.05) is 0 Å². The fraction of sp³-hybridized carbons (Fsp3) is 0. The lowest BCUT2D eigenvalue weighted by molar-refractivity contribution is 1.16. The van der Waals surface area contributed by atoms with Crippen molar-refractivity contribution in [2.24, 2.45) is 0 Å². The van der Waals surface area contributed by atoms with Crippen LogP contribution in [0.2, 0.25) is 0 Å². The standard InChI is InChI=1S/C42H24BN3/c1-5-17-32-25(11-1)26-12-2-6-18-33(26)44(32)36-21-10-22-37-39(36)29-23-24-38-40-42(29)46(37)35-20-8-4-15-30(35)43(40)31-16-9-14-28-27-13-3-7-19-34(27)45(38)41(28)31/h1-24H. The second-order valence-electron chi connectivity index (χ2n) is 12.9. The monoisotopic (exact) mass is 581 g/mol. The Kier molecular flexibility index (Phi) is 4.06. The van der Waals surface area contributed by atoms with E-state index in [0.717, 1.165) is 0 Å². The molecule has 2 aliphatic rings. The molecule has 0 bridgehead atoms. The molecule has 0 amide bonds. The zero-order valence-electron chi connectivity index (χ0n) is 24.8. The summed E-state index contributed by atoms with van der Waals surface area (Å²) in [6, 6.07) is 54.2. The topological polar surface area (TPSA) is 14.8 Å². The van der Waals surface area contributed by atoms with Gasteiger partial charge in [-0.1, -0.05) is 103 Å². The van der Waals surface area contributed by atoms with Gasteiger partial charge in [-0.25, -0.2) is 0 Å². The van der Waals surface area contributed by atoms with E-state index in [2.05, 4.69) is 159 Å². The van der Waals surface area contributed by atoms with Crippen LogP contribution in [0.25, 0.3) is 82.5 Å². The second-order valence-corrected chi connectivity index (χ2v) is 12.9. The van der Waals surface area contributed by atoms with Crippen molar-refractivity contribution in [2.75, 3.05) is 0 Å². The van der Waals surface area contributed by atoms with Crippen LogP contribution < -0.4 is 16.4 Å². The van der Waals surface area contributed by atoms with Crippen LogP contribution in [-0.2, 0) is 0 Å². The van der Waals surface area contributed by atoms with Crippen molar-refractivity contribution >= 4 is 88.5 Å². The molecule has 10 aromatic rings. The van der Waals surface area contributed by atoms with Gasteiger partial charge in [0.25, 0.3) is 6.71 Å². The summed E-state index contributed by atoms with van der Waals surface area (Å²) in [7, 11) is 0. The van der Waals surface area contributed by atoms with E-state index in [-0.39, 0.29) is 6.71 Å². The van der Waals surface area contributed by atoms with E-state index in [9.17, 15) is 0 Å². The fourth-order valence-electron chi connectivity index (χ4n) is 9.19. The Bertz CT molecular complexity index is 2940. The quantitative estimate of drug-likeness (QED) is 0.174. The summed E-state index contributed by atoms with van der Waals surface area (Å²) < 4.78 is 7.58. The van der Waals surface area contributed by atoms with Crippen LogP contribution in [0.15, 0.2) is 146 Å². The van der Waals surface area contributed by atoms with Crippen molar-refractivity contribution in [2.45, 2.75) is 0 Å². The van der Waals surface area contributed by atoms with Gasteiger partial charge in [-0.15, -0.1) is 0 Å². The third-order valence-corrected chi connectivity index (χ3v) is 10.8. The summed E-state index contributed by atoms with van der Waals surface area (Å²) >= 11 is 0. The molecule has 46 heavy (non-hydrogen) atoms. The van der Waals surface area contributed by atoms with Gasteiger partial charge in [0, 0.05) is 49.2 Å². The Morgan fingerprint density at radius 2 is 0.870 bits per heavy atom. The molecule has 0 N–H and O–H groups in total. The normalized spacial score (nSPS) is 13.2. The molecule has 2 aliphatic heterocycles. The first-order valence-electron chi connectivity index (χ1n) is 16.1. The van der Waals surface area contributed by atoms with Crippen molar-refractivity contribution in [3.8, 4) is 17.1 Å². The molecule has 0 atom stereocenters. The molecular weight excluding hydrogens is 557 g/mol. The maximum absolute atomic E-state index is 2.56. The molecule has 0 aliphatic carbocycles. The van der Waals surface area contributed by atoms with E-state index < -0.39 is 0 Å². The Hall–Kier alpha value is -6.00. The largest absolute Gasteiger partial charge is 0.310 e. The summed E-state index contributed by atoms with van der Waals surface area (Å²) in [4.78, 5) is 0. The number of para-hydroxylation sites is 5. The third-order valence-electron chi connectivity index (χ3n) is 10.8. The first-order chi connectivity index (χ1) is 22.9. The zero-order chi connectivity index (χ0) is 29.7. The lowest BCUT2D eigenvalue weighted by atomic mass is 9.34. The molecule has 0 saturated heterocycles. The van der Waals surface area contributed by atoms with Crippen molar-refractivity contribution in [3.05, 3.63) is 146 Å². The number of hydrogen-bond donors (Lipinski definition) is 0. The van der Waals surface area contributed by atoms with E-state index in [1.165, 1.54) is 98.9 Å². The number of hydrogen-bond acceptors (Lipinski definition) is 0. The van der Waals surface area contributed by atoms with Crippen molar-refractivity contribution in [1.82, 2.24) is 13.7 Å². The van der Waals surface area contributed by atoms with Crippen LogP contribution >= 0.6 is 0 Å². The Balaban J connectivity index is 1.31. The lowest BCUT2D eigenvalue weighted by Crippen LogP contribution is -2.59. The maximum atomic E-state index is 2.56. The average Bonchev–Trinajstić information content (AvgIpc) is 3.76. The number of fused-ring (bicyclic) bond motifs is 14. The van der Waals surface area contributed by atoms with Gasteiger partial charge in [0.2, 0.25) is 0 Å². The highest BCUT2D eigenvalue weighted by Crippen LogP contribution is 2.42. The van der Waals surface area contributed by atoms with Gasteiger partial charge in [-0.2, -0.15) is 0 Å². The van der Waals surface area contributed by atoms with Gasteiger partial charge in [0.05, 0.1) is 33.3 Å². The minimum Gasteiger partial charge on any atom is -0.310 e. The molecule has 0 saturated carbocycles. The molecular formula is C42H24BN3. The Morgan fingerprint density at radius 3 is 1.65 bits per heavy atom. The van der Waals surface area contributed by atoms with Crippen molar-refractivity contribution < 1.29 is 0 Å². The summed E-state index contributed by atoms with van der Waals surface area (Å²) in [5.41, 5.74) is 15.6.